The first kappa shape index (κ1) is 23.1. The first-order valence-electron chi connectivity index (χ1n) is 10.8. The van der Waals surface area contributed by atoms with Crippen molar-refractivity contribution < 1.29 is 9.59 Å². The summed E-state index contributed by atoms with van der Waals surface area (Å²) in [4.78, 5) is 32.4. The summed E-state index contributed by atoms with van der Waals surface area (Å²) in [6.45, 7) is 1.91. The lowest BCUT2D eigenvalue weighted by atomic mass is 9.88. The first-order chi connectivity index (χ1) is 15.3. The van der Waals surface area contributed by atoms with E-state index in [9.17, 15) is 9.59 Å². The SMILES string of the molecule is CC1C(C(=O)NC(=O)C2CCCCC2)N=C(c2ccc(Cl)cc2Cl)N1c1ccc(Cl)cc1. The molecule has 2 atom stereocenters. The van der Waals surface area contributed by atoms with E-state index in [4.69, 9.17) is 39.8 Å². The van der Waals surface area contributed by atoms with Crippen molar-refractivity contribution in [3.8, 4) is 0 Å². The number of carbonyl (C=O) groups excluding carboxylic acids is 2. The molecule has 2 amide bonds. The molecule has 0 spiro atoms. The average Bonchev–Trinajstić information content (AvgIpc) is 3.12. The van der Waals surface area contributed by atoms with Crippen LogP contribution in [-0.4, -0.2) is 29.7 Å². The number of nitrogens with zero attached hydrogens (tertiary/aromatic N) is 2. The van der Waals surface area contributed by atoms with Gasteiger partial charge in [0.15, 0.2) is 6.04 Å². The van der Waals surface area contributed by atoms with E-state index in [1.54, 1.807) is 30.3 Å². The number of anilines is 1. The van der Waals surface area contributed by atoms with Crippen molar-refractivity contribution in [1.29, 1.82) is 0 Å². The van der Waals surface area contributed by atoms with Gasteiger partial charge in [0.2, 0.25) is 5.91 Å². The number of hydrogen-bond donors (Lipinski definition) is 1. The highest BCUT2D eigenvalue weighted by molar-refractivity contribution is 6.38. The van der Waals surface area contributed by atoms with Gasteiger partial charge < -0.3 is 4.90 Å². The zero-order valence-electron chi connectivity index (χ0n) is 17.7. The highest BCUT2D eigenvalue weighted by Gasteiger charge is 2.40. The van der Waals surface area contributed by atoms with Crippen LogP contribution in [0.25, 0.3) is 0 Å². The van der Waals surface area contributed by atoms with Crippen molar-refractivity contribution in [3.63, 3.8) is 0 Å². The quantitative estimate of drug-likeness (QED) is 0.541. The molecular weight excluding hydrogens is 469 g/mol. The van der Waals surface area contributed by atoms with Gasteiger partial charge in [-0.15, -0.1) is 0 Å². The normalized spacial score (nSPS) is 21.4. The van der Waals surface area contributed by atoms with E-state index < -0.39 is 11.9 Å². The van der Waals surface area contributed by atoms with Gasteiger partial charge in [0.25, 0.3) is 5.91 Å². The molecule has 0 bridgehead atoms. The van der Waals surface area contributed by atoms with Crippen LogP contribution in [0.1, 0.15) is 44.6 Å². The zero-order chi connectivity index (χ0) is 22.8. The molecule has 0 aromatic heterocycles. The Labute approximate surface area is 202 Å². The lowest BCUT2D eigenvalue weighted by Gasteiger charge is -2.28. The lowest BCUT2D eigenvalue weighted by molar-refractivity contribution is -0.134. The van der Waals surface area contributed by atoms with Crippen LogP contribution in [0.4, 0.5) is 5.69 Å². The summed E-state index contributed by atoms with van der Waals surface area (Å²) in [5, 5.41) is 4.16. The van der Waals surface area contributed by atoms with Gasteiger partial charge in [-0.3, -0.25) is 19.9 Å². The minimum absolute atomic E-state index is 0.106. The molecule has 1 N–H and O–H groups in total. The molecule has 1 fully saturated rings. The molecular formula is C24H24Cl3N3O2. The van der Waals surface area contributed by atoms with Gasteiger partial charge in [-0.25, -0.2) is 0 Å². The fourth-order valence-electron chi connectivity index (χ4n) is 4.41. The molecule has 1 aliphatic heterocycles. The van der Waals surface area contributed by atoms with Crippen molar-refractivity contribution in [3.05, 3.63) is 63.1 Å². The highest BCUT2D eigenvalue weighted by atomic mass is 35.5. The number of amides is 2. The maximum atomic E-state index is 13.1. The fourth-order valence-corrected chi connectivity index (χ4v) is 5.02. The molecule has 32 heavy (non-hydrogen) atoms. The van der Waals surface area contributed by atoms with Gasteiger partial charge in [0, 0.05) is 27.2 Å². The van der Waals surface area contributed by atoms with Crippen LogP contribution in [0.2, 0.25) is 15.1 Å². The molecule has 1 heterocycles. The highest BCUT2D eigenvalue weighted by Crippen LogP contribution is 2.33. The molecule has 8 heteroatoms. The molecule has 5 nitrogen and oxygen atoms in total. The van der Waals surface area contributed by atoms with Gasteiger partial charge in [0.1, 0.15) is 5.84 Å². The number of aliphatic imine (C=N–C) groups is 1. The fraction of sp³-hybridized carbons (Fsp3) is 0.375. The van der Waals surface area contributed by atoms with E-state index in [2.05, 4.69) is 5.32 Å². The van der Waals surface area contributed by atoms with Crippen molar-refractivity contribution in [2.75, 3.05) is 4.90 Å². The molecule has 1 saturated carbocycles. The second-order valence-corrected chi connectivity index (χ2v) is 9.58. The van der Waals surface area contributed by atoms with E-state index >= 15 is 0 Å². The van der Waals surface area contributed by atoms with E-state index in [0.29, 0.717) is 26.5 Å². The summed E-state index contributed by atoms with van der Waals surface area (Å²) in [7, 11) is 0. The minimum Gasteiger partial charge on any atom is -0.321 e. The Balaban J connectivity index is 1.65. The van der Waals surface area contributed by atoms with Gasteiger partial charge in [0.05, 0.1) is 11.1 Å². The van der Waals surface area contributed by atoms with Gasteiger partial charge in [-0.05, 0) is 62.2 Å². The Kier molecular flexibility index (Phi) is 7.08. The predicted molar refractivity (Wildman–Crippen MR) is 130 cm³/mol. The Bertz CT molecular complexity index is 1050. The van der Waals surface area contributed by atoms with Crippen LogP contribution < -0.4 is 10.2 Å². The summed E-state index contributed by atoms with van der Waals surface area (Å²) in [6, 6.07) is 11.4. The number of hydrogen-bond acceptors (Lipinski definition) is 4. The Morgan fingerprint density at radius 2 is 1.59 bits per heavy atom. The lowest BCUT2D eigenvalue weighted by Crippen LogP contribution is -2.47. The topological polar surface area (TPSA) is 61.8 Å². The standard InChI is InChI=1S/C24H24Cl3N3O2/c1-14-21(24(32)29-23(31)15-5-3-2-4-6-15)28-22(19-12-9-17(26)13-20(19)27)30(14)18-10-7-16(25)8-11-18/h7-15,21H,2-6H2,1H3,(H,29,31,32). The molecule has 2 aromatic rings. The Morgan fingerprint density at radius 1 is 0.938 bits per heavy atom. The van der Waals surface area contributed by atoms with Crippen LogP contribution in [-0.2, 0) is 9.59 Å². The van der Waals surface area contributed by atoms with Crippen LogP contribution in [0, 0.1) is 5.92 Å². The minimum atomic E-state index is -0.764. The second-order valence-electron chi connectivity index (χ2n) is 8.30. The van der Waals surface area contributed by atoms with Crippen LogP contribution in [0.5, 0.6) is 0 Å². The predicted octanol–water partition coefficient (Wildman–Crippen LogP) is 5.89. The number of imide groups is 1. The largest absolute Gasteiger partial charge is 0.321 e. The molecule has 2 aliphatic rings. The molecule has 1 aliphatic carbocycles. The van der Waals surface area contributed by atoms with E-state index in [-0.39, 0.29) is 17.9 Å². The summed E-state index contributed by atoms with van der Waals surface area (Å²) in [5.41, 5.74) is 1.48. The third kappa shape index (κ3) is 4.80. The number of amidine groups is 1. The van der Waals surface area contributed by atoms with Crippen LogP contribution >= 0.6 is 34.8 Å². The number of benzene rings is 2. The molecule has 0 saturated heterocycles. The third-order valence-corrected chi connectivity index (χ3v) is 6.92. The second kappa shape index (κ2) is 9.82. The summed E-state index contributed by atoms with van der Waals surface area (Å²) in [6.07, 6.45) is 4.83. The summed E-state index contributed by atoms with van der Waals surface area (Å²) in [5.74, 6) is -0.155. The third-order valence-electron chi connectivity index (χ3n) is 6.12. The molecule has 0 radical (unpaired) electrons. The molecule has 4 rings (SSSR count). The van der Waals surface area contributed by atoms with Crippen molar-refractivity contribution >= 4 is 58.1 Å². The summed E-state index contributed by atoms with van der Waals surface area (Å²) >= 11 is 18.6. The van der Waals surface area contributed by atoms with Crippen LogP contribution in [0.15, 0.2) is 47.5 Å². The number of rotatable bonds is 4. The van der Waals surface area contributed by atoms with Crippen molar-refractivity contribution in [2.45, 2.75) is 51.1 Å². The monoisotopic (exact) mass is 491 g/mol. The number of carbonyl (C=O) groups is 2. The van der Waals surface area contributed by atoms with E-state index in [0.717, 1.165) is 37.8 Å². The maximum absolute atomic E-state index is 13.1. The Morgan fingerprint density at radius 3 is 2.25 bits per heavy atom. The summed E-state index contributed by atoms with van der Waals surface area (Å²) < 4.78 is 0. The van der Waals surface area contributed by atoms with Crippen LogP contribution in [0.3, 0.4) is 0 Å². The smallest absolute Gasteiger partial charge is 0.253 e. The van der Waals surface area contributed by atoms with Crippen molar-refractivity contribution in [2.24, 2.45) is 10.9 Å². The van der Waals surface area contributed by atoms with Crippen molar-refractivity contribution in [1.82, 2.24) is 5.32 Å². The van der Waals surface area contributed by atoms with Gasteiger partial charge in [-0.2, -0.15) is 0 Å². The van der Waals surface area contributed by atoms with E-state index in [1.165, 1.54) is 0 Å². The zero-order valence-corrected chi connectivity index (χ0v) is 19.9. The molecule has 2 unspecified atom stereocenters. The van der Waals surface area contributed by atoms with E-state index in [1.807, 2.05) is 24.0 Å². The molecule has 168 valence electrons. The average molecular weight is 493 g/mol. The number of nitrogens with one attached hydrogen (secondary N) is 1. The number of halogens is 3. The maximum Gasteiger partial charge on any atom is 0.253 e. The van der Waals surface area contributed by atoms with Gasteiger partial charge in [-0.1, -0.05) is 54.1 Å². The molecule has 2 aromatic carbocycles. The first-order valence-corrected chi connectivity index (χ1v) is 11.9. The Hall–Kier alpha value is -2.08. The van der Waals surface area contributed by atoms with Gasteiger partial charge >= 0.3 is 0 Å².